The van der Waals surface area contributed by atoms with Gasteiger partial charge in [0.05, 0.1) is 0 Å². The fourth-order valence-corrected chi connectivity index (χ4v) is 6.45. The molecule has 5 aliphatic rings. The number of nitrogens with two attached hydrogens (primary N) is 1. The minimum atomic E-state index is -0.655. The third-order valence-corrected chi connectivity index (χ3v) is 7.46. The van der Waals surface area contributed by atoms with Crippen LogP contribution in [0.5, 0.6) is 0 Å². The molecule has 1 amide bonds. The first kappa shape index (κ1) is 16.8. The Morgan fingerprint density at radius 3 is 2.67 bits per heavy atom. The molecule has 3 N–H and O–H groups in total. The van der Waals surface area contributed by atoms with Crippen LogP contribution in [0.1, 0.15) is 51.9 Å². The lowest BCUT2D eigenvalue weighted by Crippen LogP contribution is -2.62. The fourth-order valence-electron chi connectivity index (χ4n) is 6.45. The SMILES string of the molecule is CC(CNC1C2CC3CC1CC(C(N)=O)(C3)C2)N1CCC[C@H](F)C1. The Kier molecular flexibility index (Phi) is 4.36. The highest BCUT2D eigenvalue weighted by atomic mass is 19.1. The molecular weight excluding hydrogens is 305 g/mol. The lowest BCUT2D eigenvalue weighted by atomic mass is 9.47. The van der Waals surface area contributed by atoms with Gasteiger partial charge in [-0.15, -0.1) is 0 Å². The molecule has 0 spiro atoms. The number of nitrogens with one attached hydrogen (secondary N) is 1. The Hall–Kier alpha value is -0.680. The predicted molar refractivity (Wildman–Crippen MR) is 92.1 cm³/mol. The van der Waals surface area contributed by atoms with Crippen LogP contribution in [0.25, 0.3) is 0 Å². The molecule has 1 saturated heterocycles. The van der Waals surface area contributed by atoms with Crippen LogP contribution in [-0.4, -0.2) is 48.7 Å². The number of likely N-dealkylation sites (tertiary alicyclic amines) is 1. The van der Waals surface area contributed by atoms with Crippen molar-refractivity contribution in [3.05, 3.63) is 0 Å². The Labute approximate surface area is 144 Å². The van der Waals surface area contributed by atoms with Crippen molar-refractivity contribution >= 4 is 5.91 Å². The highest BCUT2D eigenvalue weighted by molar-refractivity contribution is 5.81. The summed E-state index contributed by atoms with van der Waals surface area (Å²) in [6.45, 7) is 4.76. The van der Waals surface area contributed by atoms with Gasteiger partial charge in [0, 0.05) is 30.6 Å². The molecule has 3 unspecified atom stereocenters. The van der Waals surface area contributed by atoms with E-state index < -0.39 is 6.17 Å². The number of hydrogen-bond acceptors (Lipinski definition) is 3. The Bertz CT molecular complexity index is 483. The fraction of sp³-hybridized carbons (Fsp3) is 0.947. The summed E-state index contributed by atoms with van der Waals surface area (Å²) in [6, 6.07) is 0.910. The molecule has 4 nitrogen and oxygen atoms in total. The Morgan fingerprint density at radius 2 is 2.04 bits per heavy atom. The third-order valence-electron chi connectivity index (χ3n) is 7.46. The second-order valence-corrected chi connectivity index (χ2v) is 9.13. The Morgan fingerprint density at radius 1 is 1.33 bits per heavy atom. The van der Waals surface area contributed by atoms with Gasteiger partial charge in [-0.3, -0.25) is 9.69 Å². The molecule has 4 atom stereocenters. The van der Waals surface area contributed by atoms with E-state index in [1.54, 1.807) is 0 Å². The molecule has 1 aliphatic heterocycles. The van der Waals surface area contributed by atoms with E-state index in [2.05, 4.69) is 17.1 Å². The van der Waals surface area contributed by atoms with Gasteiger partial charge in [-0.2, -0.15) is 0 Å². The van der Waals surface area contributed by atoms with E-state index in [-0.39, 0.29) is 11.3 Å². The molecule has 0 aromatic rings. The average molecular weight is 337 g/mol. The van der Waals surface area contributed by atoms with Crippen LogP contribution in [0.4, 0.5) is 4.39 Å². The van der Waals surface area contributed by atoms with Crippen molar-refractivity contribution in [3.8, 4) is 0 Å². The summed E-state index contributed by atoms with van der Waals surface area (Å²) in [6.07, 6.45) is 6.56. The normalized spacial score (nSPS) is 46.2. The zero-order chi connectivity index (χ0) is 16.9. The first-order chi connectivity index (χ1) is 11.5. The number of halogens is 1. The van der Waals surface area contributed by atoms with Gasteiger partial charge in [0.25, 0.3) is 0 Å². The standard InChI is InChI=1S/C19H32FN3O/c1-12(23-4-2-3-16(20)11-23)10-22-17-14-5-13-6-15(17)9-19(7-13,8-14)18(21)24/h12-17,22H,2-11H2,1H3,(H2,21,24)/t12?,13?,14?,15?,16-,17?,19?/m0/s1. The first-order valence-electron chi connectivity index (χ1n) is 9.88. The molecule has 0 radical (unpaired) electrons. The monoisotopic (exact) mass is 337 g/mol. The molecular formula is C19H32FN3O. The van der Waals surface area contributed by atoms with Crippen molar-refractivity contribution in [2.24, 2.45) is 28.9 Å². The molecule has 1 heterocycles. The van der Waals surface area contributed by atoms with Crippen LogP contribution in [0.15, 0.2) is 0 Å². The number of carbonyl (C=O) groups excluding carboxylic acids is 1. The van der Waals surface area contributed by atoms with Crippen LogP contribution in [-0.2, 0) is 4.79 Å². The number of carbonyl (C=O) groups is 1. The quantitative estimate of drug-likeness (QED) is 0.807. The first-order valence-corrected chi connectivity index (χ1v) is 9.88. The van der Waals surface area contributed by atoms with E-state index in [9.17, 15) is 9.18 Å². The number of amides is 1. The molecule has 136 valence electrons. The van der Waals surface area contributed by atoms with Gasteiger partial charge in [-0.05, 0) is 76.2 Å². The third kappa shape index (κ3) is 2.88. The second kappa shape index (κ2) is 6.24. The summed E-state index contributed by atoms with van der Waals surface area (Å²) in [4.78, 5) is 14.3. The largest absolute Gasteiger partial charge is 0.369 e. The molecule has 5 fully saturated rings. The minimum Gasteiger partial charge on any atom is -0.369 e. The molecule has 5 rings (SSSR count). The summed E-state index contributed by atoms with van der Waals surface area (Å²) in [5, 5.41) is 3.82. The van der Waals surface area contributed by atoms with E-state index in [1.807, 2.05) is 0 Å². The Balaban J connectivity index is 1.36. The van der Waals surface area contributed by atoms with Gasteiger partial charge >= 0.3 is 0 Å². The lowest BCUT2D eigenvalue weighted by Gasteiger charge is -2.59. The smallest absolute Gasteiger partial charge is 0.223 e. The zero-order valence-electron chi connectivity index (χ0n) is 14.8. The summed E-state index contributed by atoms with van der Waals surface area (Å²) >= 11 is 0. The van der Waals surface area contributed by atoms with Gasteiger partial charge in [0.1, 0.15) is 6.17 Å². The van der Waals surface area contributed by atoms with Crippen LogP contribution in [0.3, 0.4) is 0 Å². The van der Waals surface area contributed by atoms with Crippen LogP contribution < -0.4 is 11.1 Å². The maximum Gasteiger partial charge on any atom is 0.223 e. The van der Waals surface area contributed by atoms with Crippen LogP contribution in [0.2, 0.25) is 0 Å². The number of piperidine rings is 1. The molecule has 4 bridgehead atoms. The molecule has 24 heavy (non-hydrogen) atoms. The highest BCUT2D eigenvalue weighted by Gasteiger charge is 2.57. The van der Waals surface area contributed by atoms with E-state index in [4.69, 9.17) is 5.73 Å². The van der Waals surface area contributed by atoms with Crippen LogP contribution >= 0.6 is 0 Å². The van der Waals surface area contributed by atoms with Gasteiger partial charge < -0.3 is 11.1 Å². The van der Waals surface area contributed by atoms with Crippen LogP contribution in [0, 0.1) is 23.2 Å². The van der Waals surface area contributed by atoms with Crippen molar-refractivity contribution in [1.82, 2.24) is 10.2 Å². The van der Waals surface area contributed by atoms with Crippen molar-refractivity contribution in [3.63, 3.8) is 0 Å². The average Bonchev–Trinajstić information content (AvgIpc) is 2.53. The molecule has 4 saturated carbocycles. The van der Waals surface area contributed by atoms with Gasteiger partial charge in [-0.25, -0.2) is 4.39 Å². The van der Waals surface area contributed by atoms with E-state index >= 15 is 0 Å². The molecule has 0 aromatic heterocycles. The zero-order valence-corrected chi connectivity index (χ0v) is 14.8. The van der Waals surface area contributed by atoms with Crippen molar-refractivity contribution < 1.29 is 9.18 Å². The minimum absolute atomic E-state index is 0.0592. The molecule has 4 aliphatic carbocycles. The summed E-state index contributed by atoms with van der Waals surface area (Å²) < 4.78 is 13.6. The highest BCUT2D eigenvalue weighted by Crippen LogP contribution is 2.59. The summed E-state index contributed by atoms with van der Waals surface area (Å²) in [5.74, 6) is 1.85. The number of hydrogen-bond donors (Lipinski definition) is 2. The van der Waals surface area contributed by atoms with Crippen molar-refractivity contribution in [2.45, 2.75) is 70.1 Å². The number of rotatable bonds is 5. The van der Waals surface area contributed by atoms with E-state index in [1.165, 1.54) is 12.8 Å². The van der Waals surface area contributed by atoms with Crippen molar-refractivity contribution in [2.75, 3.05) is 19.6 Å². The maximum absolute atomic E-state index is 13.6. The second-order valence-electron chi connectivity index (χ2n) is 9.13. The van der Waals surface area contributed by atoms with E-state index in [0.29, 0.717) is 36.4 Å². The summed E-state index contributed by atoms with van der Waals surface area (Å²) in [5.41, 5.74) is 5.57. The van der Waals surface area contributed by atoms with Gasteiger partial charge in [0.2, 0.25) is 5.91 Å². The number of primary amides is 1. The van der Waals surface area contributed by atoms with Gasteiger partial charge in [0.15, 0.2) is 0 Å². The predicted octanol–water partition coefficient (Wildman–Crippen LogP) is 2.08. The van der Waals surface area contributed by atoms with E-state index in [0.717, 1.165) is 45.2 Å². The number of nitrogens with zero attached hydrogens (tertiary/aromatic N) is 1. The topological polar surface area (TPSA) is 58.4 Å². The molecule has 5 heteroatoms. The van der Waals surface area contributed by atoms with Crippen molar-refractivity contribution in [1.29, 1.82) is 0 Å². The molecule has 0 aromatic carbocycles. The lowest BCUT2D eigenvalue weighted by molar-refractivity contribution is -0.146. The maximum atomic E-state index is 13.6. The number of alkyl halides is 1. The van der Waals surface area contributed by atoms with Gasteiger partial charge in [-0.1, -0.05) is 0 Å². The summed E-state index contributed by atoms with van der Waals surface area (Å²) in [7, 11) is 0.